The van der Waals surface area contributed by atoms with Crippen molar-refractivity contribution < 1.29 is 58.9 Å². The number of carbonyl (C=O) groups is 2. The molecular formula is C24H27BrF3N3O5S. The van der Waals surface area contributed by atoms with Crippen LogP contribution in [-0.2, 0) is 29.0 Å². The number of amides is 1. The number of aliphatic hydroxyl groups is 1. The number of unbranched alkanes of at least 4 members (excludes halogenated alkanes) is 1. The second-order valence-electron chi connectivity index (χ2n) is 8.15. The van der Waals surface area contributed by atoms with Gasteiger partial charge in [0.2, 0.25) is 0 Å². The topological polar surface area (TPSA) is 94.0 Å². The number of fused-ring (bicyclic) bond motifs is 1. The van der Waals surface area contributed by atoms with Crippen LogP contribution < -0.4 is 31.1 Å². The fraction of sp³-hybridized carbons (Fsp3) is 0.417. The number of hydrogen-bond acceptors (Lipinski definition) is 6. The quantitative estimate of drug-likeness (QED) is 0.288. The lowest BCUT2D eigenvalue weighted by atomic mass is 10.1. The Labute approximate surface area is 225 Å². The van der Waals surface area contributed by atoms with Gasteiger partial charge in [-0.05, 0) is 31.5 Å². The Hall–Kier alpha value is -2.77. The van der Waals surface area contributed by atoms with Gasteiger partial charge in [0, 0.05) is 19.5 Å². The van der Waals surface area contributed by atoms with E-state index in [1.807, 2.05) is 11.5 Å². The zero-order valence-corrected chi connectivity index (χ0v) is 22.8. The maximum absolute atomic E-state index is 13.3. The Morgan fingerprint density at radius 2 is 2.00 bits per heavy atom. The lowest BCUT2D eigenvalue weighted by molar-refractivity contribution is -0.726. The van der Waals surface area contributed by atoms with Gasteiger partial charge < -0.3 is 36.1 Å². The number of alkyl halides is 3. The molecule has 8 nitrogen and oxygen atoms in total. The Kier molecular flexibility index (Phi) is 10.8. The summed E-state index contributed by atoms with van der Waals surface area (Å²) < 4.78 is 54.7. The summed E-state index contributed by atoms with van der Waals surface area (Å²) >= 11 is 1.22. The van der Waals surface area contributed by atoms with E-state index in [1.54, 1.807) is 23.0 Å². The molecule has 0 aliphatic heterocycles. The van der Waals surface area contributed by atoms with E-state index in [4.69, 9.17) is 9.47 Å². The number of esters is 1. The van der Waals surface area contributed by atoms with Gasteiger partial charge in [-0.1, -0.05) is 24.7 Å². The molecule has 0 saturated carbocycles. The Morgan fingerprint density at radius 1 is 1.27 bits per heavy atom. The molecule has 13 heteroatoms. The number of aryl methyl sites for hydroxylation is 1. The van der Waals surface area contributed by atoms with Crippen LogP contribution in [0.4, 0.5) is 13.2 Å². The number of halogens is 4. The molecule has 1 amide bonds. The molecule has 0 fully saturated rings. The third-order valence-electron chi connectivity index (χ3n) is 5.05. The molecule has 3 aromatic rings. The largest absolute Gasteiger partial charge is 1.00 e. The van der Waals surface area contributed by atoms with E-state index < -0.39 is 29.7 Å². The van der Waals surface area contributed by atoms with Crippen LogP contribution in [0.2, 0.25) is 0 Å². The summed E-state index contributed by atoms with van der Waals surface area (Å²) in [5, 5.41) is 9.51. The van der Waals surface area contributed by atoms with E-state index in [1.165, 1.54) is 25.2 Å². The summed E-state index contributed by atoms with van der Waals surface area (Å²) in [5.41, 5.74) is -0.619. The fourth-order valence-electron chi connectivity index (χ4n) is 3.28. The zero-order chi connectivity index (χ0) is 26.5. The Morgan fingerprint density at radius 3 is 2.62 bits per heavy atom. The SMILES string of the molecule is CCCCn1/c(=N/C(=O)c2cc(C(F)(F)F)ccc2OC[C@H](C)O)sc2cc[n+](COC(C)=O)cc21.[Br-]. The third kappa shape index (κ3) is 8.11. The van der Waals surface area contributed by atoms with Gasteiger partial charge in [0.1, 0.15) is 17.9 Å². The fourth-order valence-corrected chi connectivity index (χ4v) is 4.30. The van der Waals surface area contributed by atoms with Crippen molar-refractivity contribution in [3.8, 4) is 5.75 Å². The van der Waals surface area contributed by atoms with Crippen molar-refractivity contribution in [2.45, 2.75) is 59.2 Å². The second-order valence-corrected chi connectivity index (χ2v) is 9.16. The lowest BCUT2D eigenvalue weighted by Crippen LogP contribution is -3.00. The summed E-state index contributed by atoms with van der Waals surface area (Å²) in [6.07, 6.45) is -0.431. The minimum absolute atomic E-state index is 0. The third-order valence-corrected chi connectivity index (χ3v) is 6.11. The molecular weight excluding hydrogens is 579 g/mol. The minimum Gasteiger partial charge on any atom is -1.00 e. The van der Waals surface area contributed by atoms with E-state index in [0.717, 1.165) is 35.2 Å². The first-order valence-corrected chi connectivity index (χ1v) is 12.1. The average molecular weight is 606 g/mol. The van der Waals surface area contributed by atoms with Crippen molar-refractivity contribution >= 4 is 33.4 Å². The van der Waals surface area contributed by atoms with Crippen molar-refractivity contribution in [1.82, 2.24) is 4.57 Å². The summed E-state index contributed by atoms with van der Waals surface area (Å²) in [5.74, 6) is -1.42. The van der Waals surface area contributed by atoms with Crippen LogP contribution in [0.5, 0.6) is 5.75 Å². The molecule has 2 heterocycles. The van der Waals surface area contributed by atoms with E-state index in [0.29, 0.717) is 17.4 Å². The summed E-state index contributed by atoms with van der Waals surface area (Å²) in [4.78, 5) is 28.8. The maximum atomic E-state index is 13.3. The second kappa shape index (κ2) is 13.2. The number of aromatic nitrogens is 2. The predicted molar refractivity (Wildman–Crippen MR) is 125 cm³/mol. The molecule has 37 heavy (non-hydrogen) atoms. The summed E-state index contributed by atoms with van der Waals surface area (Å²) in [6, 6.07) is 4.37. The molecule has 1 atom stereocenters. The van der Waals surface area contributed by atoms with Crippen LogP contribution in [-0.4, -0.2) is 34.3 Å². The zero-order valence-electron chi connectivity index (χ0n) is 20.4. The molecule has 0 saturated heterocycles. The van der Waals surface area contributed by atoms with E-state index >= 15 is 0 Å². The maximum Gasteiger partial charge on any atom is 0.416 e. The van der Waals surface area contributed by atoms with Gasteiger partial charge in [-0.15, -0.1) is 0 Å². The van der Waals surface area contributed by atoms with Crippen LogP contribution in [0.1, 0.15) is 49.5 Å². The van der Waals surface area contributed by atoms with Gasteiger partial charge in [0.25, 0.3) is 12.6 Å². The highest BCUT2D eigenvalue weighted by molar-refractivity contribution is 7.16. The van der Waals surface area contributed by atoms with Crippen LogP contribution in [0.3, 0.4) is 0 Å². The molecule has 2 aromatic heterocycles. The van der Waals surface area contributed by atoms with Gasteiger partial charge in [0.15, 0.2) is 17.2 Å². The molecule has 0 spiro atoms. The van der Waals surface area contributed by atoms with Crippen molar-refractivity contribution in [3.63, 3.8) is 0 Å². The molecule has 0 unspecified atom stereocenters. The van der Waals surface area contributed by atoms with Gasteiger partial charge in [-0.2, -0.15) is 22.7 Å². The highest BCUT2D eigenvalue weighted by Crippen LogP contribution is 2.33. The average Bonchev–Trinajstić information content (AvgIpc) is 3.15. The number of hydrogen-bond donors (Lipinski definition) is 1. The van der Waals surface area contributed by atoms with E-state index in [2.05, 4.69) is 4.99 Å². The highest BCUT2D eigenvalue weighted by atomic mass is 79.9. The minimum atomic E-state index is -4.66. The van der Waals surface area contributed by atoms with E-state index in [9.17, 15) is 27.9 Å². The number of benzene rings is 1. The molecule has 0 bridgehead atoms. The number of thiazole rings is 1. The molecule has 1 N–H and O–H groups in total. The number of ether oxygens (including phenoxy) is 2. The Balaban J connectivity index is 0.00000481. The number of pyridine rings is 1. The van der Waals surface area contributed by atoms with Crippen molar-refractivity contribution in [3.05, 3.63) is 52.6 Å². The molecule has 1 aromatic carbocycles. The van der Waals surface area contributed by atoms with Gasteiger partial charge in [-0.25, -0.2) is 0 Å². The number of aliphatic hydroxyl groups excluding tert-OH is 1. The van der Waals surface area contributed by atoms with Crippen LogP contribution in [0, 0.1) is 0 Å². The molecule has 0 aliphatic rings. The first-order chi connectivity index (χ1) is 17.0. The van der Waals surface area contributed by atoms with Crippen molar-refractivity contribution in [1.29, 1.82) is 0 Å². The molecule has 0 aliphatic carbocycles. The molecule has 3 rings (SSSR count). The van der Waals surface area contributed by atoms with Crippen molar-refractivity contribution in [2.24, 2.45) is 4.99 Å². The monoisotopic (exact) mass is 605 g/mol. The standard InChI is InChI=1S/C24H27F3N3O5S.BrH/c1-4-5-9-30-19-12-29(14-35-16(3)32)10-8-21(19)36-23(30)28-22(33)18-11-17(24(25,26)27)6-7-20(18)34-13-15(2)31;/h6-8,10-12,15,31H,4-5,9,13-14H2,1-3H3;1H/q+1;/p-1/b28-23-;/t15-;/m0./s1. The lowest BCUT2D eigenvalue weighted by Gasteiger charge is -2.13. The van der Waals surface area contributed by atoms with Gasteiger partial charge in [-0.3, -0.25) is 9.59 Å². The number of nitrogens with zero attached hydrogens (tertiary/aromatic N) is 3. The normalized spacial score (nSPS) is 12.8. The molecule has 0 radical (unpaired) electrons. The highest BCUT2D eigenvalue weighted by Gasteiger charge is 2.32. The number of rotatable bonds is 9. The Bertz CT molecular complexity index is 1320. The predicted octanol–water partition coefficient (Wildman–Crippen LogP) is 0.834. The van der Waals surface area contributed by atoms with Gasteiger partial charge in [0.05, 0.1) is 21.9 Å². The smallest absolute Gasteiger partial charge is 0.416 e. The van der Waals surface area contributed by atoms with Crippen LogP contribution >= 0.6 is 11.3 Å². The first-order valence-electron chi connectivity index (χ1n) is 11.3. The van der Waals surface area contributed by atoms with Crippen molar-refractivity contribution in [2.75, 3.05) is 6.61 Å². The van der Waals surface area contributed by atoms with Crippen LogP contribution in [0.25, 0.3) is 10.2 Å². The molecule has 202 valence electrons. The summed E-state index contributed by atoms with van der Waals surface area (Å²) in [6.45, 7) is 5.10. The van der Waals surface area contributed by atoms with Gasteiger partial charge >= 0.3 is 12.1 Å². The van der Waals surface area contributed by atoms with Crippen LogP contribution in [0.15, 0.2) is 41.7 Å². The van der Waals surface area contributed by atoms with E-state index in [-0.39, 0.29) is 41.6 Å². The summed E-state index contributed by atoms with van der Waals surface area (Å²) in [7, 11) is 0. The number of carbonyl (C=O) groups excluding carboxylic acids is 2. The first kappa shape index (κ1) is 30.5.